The summed E-state index contributed by atoms with van der Waals surface area (Å²) in [5.74, 6) is -0.516. The Hall–Kier alpha value is -1.47. The fraction of sp³-hybridized carbons (Fsp3) is 0.750. The monoisotopic (exact) mass is 274 g/mol. The quantitative estimate of drug-likeness (QED) is 0.415. The number of nitrogens with zero attached hydrogens (tertiary/aromatic N) is 1. The van der Waals surface area contributed by atoms with Gasteiger partial charge in [0, 0.05) is 26.6 Å². The van der Waals surface area contributed by atoms with E-state index >= 15 is 0 Å². The van der Waals surface area contributed by atoms with E-state index in [9.17, 15) is 14.4 Å². The molecule has 0 atom stereocenters. The molecule has 0 heterocycles. The summed E-state index contributed by atoms with van der Waals surface area (Å²) < 4.78 is 9.73. The number of amides is 1. The summed E-state index contributed by atoms with van der Waals surface area (Å²) in [5, 5.41) is 2.65. The maximum absolute atomic E-state index is 11.2. The molecule has 0 aliphatic rings. The lowest BCUT2D eigenvalue weighted by molar-refractivity contribution is -0.142. The van der Waals surface area contributed by atoms with Crippen molar-refractivity contribution < 1.29 is 23.9 Å². The van der Waals surface area contributed by atoms with Crippen LogP contribution in [-0.4, -0.2) is 69.1 Å². The first-order valence-electron chi connectivity index (χ1n) is 6.06. The van der Waals surface area contributed by atoms with Crippen LogP contribution in [0, 0.1) is 0 Å². The summed E-state index contributed by atoms with van der Waals surface area (Å²) in [4.78, 5) is 34.5. The van der Waals surface area contributed by atoms with Gasteiger partial charge in [-0.25, -0.2) is 0 Å². The molecule has 0 spiro atoms. The van der Waals surface area contributed by atoms with Crippen LogP contribution in [0.5, 0.6) is 0 Å². The lowest BCUT2D eigenvalue weighted by Gasteiger charge is -2.20. The largest absolute Gasteiger partial charge is 0.468 e. The van der Waals surface area contributed by atoms with E-state index in [0.717, 1.165) is 0 Å². The van der Waals surface area contributed by atoms with E-state index in [1.165, 1.54) is 21.0 Å². The number of esters is 1. The molecule has 110 valence electrons. The summed E-state index contributed by atoms with van der Waals surface area (Å²) in [7, 11) is 1.32. The zero-order valence-electron chi connectivity index (χ0n) is 11.7. The van der Waals surface area contributed by atoms with Crippen molar-refractivity contribution in [3.8, 4) is 0 Å². The molecule has 7 heteroatoms. The van der Waals surface area contributed by atoms with Gasteiger partial charge in [0.05, 0.1) is 20.3 Å². The average Bonchev–Trinajstić information content (AvgIpc) is 2.33. The number of hydrogen-bond donors (Lipinski definition) is 1. The minimum atomic E-state index is -0.352. The number of rotatable bonds is 10. The summed E-state index contributed by atoms with van der Waals surface area (Å²) in [6.07, 6.45) is 0. The number of hydrogen-bond acceptors (Lipinski definition) is 6. The molecule has 19 heavy (non-hydrogen) atoms. The van der Waals surface area contributed by atoms with Crippen molar-refractivity contribution in [1.82, 2.24) is 10.2 Å². The van der Waals surface area contributed by atoms with Gasteiger partial charge in [0.1, 0.15) is 6.61 Å². The molecule has 0 saturated heterocycles. The predicted octanol–water partition coefficient (Wildman–Crippen LogP) is -0.797. The highest BCUT2D eigenvalue weighted by molar-refractivity contribution is 5.76. The smallest absolute Gasteiger partial charge is 0.319 e. The van der Waals surface area contributed by atoms with Crippen LogP contribution in [0.15, 0.2) is 0 Å². The number of Topliss-reactive ketones (excluding diaryl/α,β-unsaturated/α-hetero) is 1. The van der Waals surface area contributed by atoms with Crippen LogP contribution in [-0.2, 0) is 23.9 Å². The Bertz CT molecular complexity index is 306. The zero-order chi connectivity index (χ0) is 14.7. The second-order valence-electron chi connectivity index (χ2n) is 4.09. The first kappa shape index (κ1) is 17.5. The Morgan fingerprint density at radius 1 is 1.16 bits per heavy atom. The van der Waals surface area contributed by atoms with Gasteiger partial charge in [0.25, 0.3) is 0 Å². The lowest BCUT2D eigenvalue weighted by Crippen LogP contribution is -2.39. The van der Waals surface area contributed by atoms with Gasteiger partial charge < -0.3 is 14.8 Å². The van der Waals surface area contributed by atoms with E-state index in [-0.39, 0.29) is 30.8 Å². The van der Waals surface area contributed by atoms with Crippen LogP contribution >= 0.6 is 0 Å². The van der Waals surface area contributed by atoms with E-state index in [2.05, 4.69) is 10.1 Å². The molecule has 0 aromatic heterocycles. The van der Waals surface area contributed by atoms with Crippen LogP contribution < -0.4 is 5.32 Å². The third-order valence-corrected chi connectivity index (χ3v) is 2.24. The van der Waals surface area contributed by atoms with Gasteiger partial charge in [-0.05, 0) is 6.92 Å². The third kappa shape index (κ3) is 11.4. The summed E-state index contributed by atoms with van der Waals surface area (Å²) in [5.41, 5.74) is 0. The number of ketones is 1. The Balaban J connectivity index is 3.98. The van der Waals surface area contributed by atoms with E-state index in [4.69, 9.17) is 4.74 Å². The summed E-state index contributed by atoms with van der Waals surface area (Å²) in [6, 6.07) is 0. The third-order valence-electron chi connectivity index (χ3n) is 2.24. The number of carbonyl (C=O) groups is 3. The Kier molecular flexibility index (Phi) is 9.64. The number of ether oxygens (including phenoxy) is 2. The van der Waals surface area contributed by atoms with Crippen LogP contribution in [0.25, 0.3) is 0 Å². The van der Waals surface area contributed by atoms with Crippen LogP contribution in [0.2, 0.25) is 0 Å². The molecule has 0 bridgehead atoms. The number of carbonyl (C=O) groups excluding carboxylic acids is 3. The summed E-state index contributed by atoms with van der Waals surface area (Å²) in [6.45, 7) is 4.86. The van der Waals surface area contributed by atoms with E-state index in [1.807, 2.05) is 0 Å². The lowest BCUT2D eigenvalue weighted by atomic mass is 10.4. The van der Waals surface area contributed by atoms with E-state index in [1.54, 1.807) is 4.90 Å². The molecular weight excluding hydrogens is 252 g/mol. The zero-order valence-corrected chi connectivity index (χ0v) is 11.7. The maximum atomic E-state index is 11.2. The van der Waals surface area contributed by atoms with Crippen molar-refractivity contribution in [2.75, 3.05) is 46.5 Å². The van der Waals surface area contributed by atoms with Crippen LogP contribution in [0.3, 0.4) is 0 Å². The first-order chi connectivity index (χ1) is 8.95. The molecule has 0 saturated carbocycles. The van der Waals surface area contributed by atoms with Crippen LogP contribution in [0.4, 0.5) is 0 Å². The highest BCUT2D eigenvalue weighted by Crippen LogP contribution is 1.90. The minimum Gasteiger partial charge on any atom is -0.468 e. The topological polar surface area (TPSA) is 84.9 Å². The Labute approximate surface area is 113 Å². The van der Waals surface area contributed by atoms with Gasteiger partial charge in [0.15, 0.2) is 5.78 Å². The fourth-order valence-electron chi connectivity index (χ4n) is 1.32. The summed E-state index contributed by atoms with van der Waals surface area (Å²) >= 11 is 0. The van der Waals surface area contributed by atoms with Crippen LogP contribution in [0.1, 0.15) is 13.8 Å². The van der Waals surface area contributed by atoms with Gasteiger partial charge in [-0.15, -0.1) is 0 Å². The Morgan fingerprint density at radius 3 is 2.37 bits per heavy atom. The molecule has 1 N–H and O–H groups in total. The van der Waals surface area contributed by atoms with E-state index < -0.39 is 0 Å². The van der Waals surface area contributed by atoms with Crippen molar-refractivity contribution in [3.63, 3.8) is 0 Å². The molecule has 1 amide bonds. The second-order valence-corrected chi connectivity index (χ2v) is 4.09. The van der Waals surface area contributed by atoms with Crippen molar-refractivity contribution in [2.24, 2.45) is 0 Å². The molecule has 0 aromatic rings. The molecule has 0 aromatic carbocycles. The second kappa shape index (κ2) is 10.5. The van der Waals surface area contributed by atoms with Crippen molar-refractivity contribution in [1.29, 1.82) is 0 Å². The molecule has 7 nitrogen and oxygen atoms in total. The Morgan fingerprint density at radius 2 is 1.84 bits per heavy atom. The van der Waals surface area contributed by atoms with Gasteiger partial charge in [-0.2, -0.15) is 0 Å². The van der Waals surface area contributed by atoms with Crippen molar-refractivity contribution in [2.45, 2.75) is 13.8 Å². The average molecular weight is 274 g/mol. The highest BCUT2D eigenvalue weighted by atomic mass is 16.5. The van der Waals surface area contributed by atoms with Gasteiger partial charge >= 0.3 is 5.97 Å². The van der Waals surface area contributed by atoms with Crippen molar-refractivity contribution in [3.05, 3.63) is 0 Å². The molecule has 0 rings (SSSR count). The van der Waals surface area contributed by atoms with Gasteiger partial charge in [-0.1, -0.05) is 0 Å². The van der Waals surface area contributed by atoms with E-state index in [0.29, 0.717) is 26.2 Å². The molecule has 0 radical (unpaired) electrons. The van der Waals surface area contributed by atoms with Gasteiger partial charge in [-0.3, -0.25) is 19.3 Å². The van der Waals surface area contributed by atoms with Gasteiger partial charge in [0.2, 0.25) is 5.91 Å². The SMILES string of the molecule is COC(=O)CN(CCNC(C)=O)CCOCC(C)=O. The fourth-order valence-corrected chi connectivity index (χ4v) is 1.32. The standard InChI is InChI=1S/C12H22N2O5/c1-10(15)9-19-7-6-14(8-12(17)18-3)5-4-13-11(2)16/h4-9H2,1-3H3,(H,13,16). The molecular formula is C12H22N2O5. The molecule has 0 aliphatic carbocycles. The predicted molar refractivity (Wildman–Crippen MR) is 68.6 cm³/mol. The minimum absolute atomic E-state index is 0.0437. The normalized spacial score (nSPS) is 10.3. The maximum Gasteiger partial charge on any atom is 0.319 e. The number of methoxy groups -OCH3 is 1. The van der Waals surface area contributed by atoms with Crippen molar-refractivity contribution >= 4 is 17.7 Å². The number of nitrogens with one attached hydrogen (secondary N) is 1. The first-order valence-corrected chi connectivity index (χ1v) is 6.06. The molecule has 0 unspecified atom stereocenters. The molecule has 0 aliphatic heterocycles. The molecule has 0 fully saturated rings. The highest BCUT2D eigenvalue weighted by Gasteiger charge is 2.11.